The second-order valence-electron chi connectivity index (χ2n) is 4.55. The van der Waals surface area contributed by atoms with Gasteiger partial charge in [0.15, 0.2) is 17.9 Å². The van der Waals surface area contributed by atoms with Gasteiger partial charge in [0.05, 0.1) is 14.2 Å². The van der Waals surface area contributed by atoms with Gasteiger partial charge in [-0.05, 0) is 18.9 Å². The van der Waals surface area contributed by atoms with Crippen molar-refractivity contribution in [2.45, 2.75) is 26.7 Å². The summed E-state index contributed by atoms with van der Waals surface area (Å²) in [6, 6.07) is 0. The van der Waals surface area contributed by atoms with Gasteiger partial charge in [0.2, 0.25) is 11.8 Å². The van der Waals surface area contributed by atoms with Gasteiger partial charge in [0.1, 0.15) is 0 Å². The Bertz CT molecular complexity index is 630. The monoisotopic (exact) mass is 330 g/mol. The van der Waals surface area contributed by atoms with Crippen LogP contribution >= 0.6 is 0 Å². The van der Waals surface area contributed by atoms with Crippen LogP contribution in [0.2, 0.25) is 0 Å². The van der Waals surface area contributed by atoms with Gasteiger partial charge in [-0.3, -0.25) is 4.79 Å². The molecule has 2 aromatic heterocycles. The van der Waals surface area contributed by atoms with Crippen LogP contribution in [0, 0.1) is 0 Å². The second-order valence-corrected chi connectivity index (χ2v) is 4.55. The van der Waals surface area contributed by atoms with E-state index in [1.165, 1.54) is 7.11 Å². The third kappa shape index (κ3) is 5.12. The fourth-order valence-corrected chi connectivity index (χ4v) is 1.80. The Hall–Kier alpha value is -2.83. The largest absolute Gasteiger partial charge is 0.481 e. The highest BCUT2D eigenvalue weighted by Gasteiger charge is 2.04. The van der Waals surface area contributed by atoms with Crippen molar-refractivity contribution in [3.63, 3.8) is 0 Å². The van der Waals surface area contributed by atoms with Gasteiger partial charge in [-0.25, -0.2) is 9.97 Å². The highest BCUT2D eigenvalue weighted by atomic mass is 16.5. The summed E-state index contributed by atoms with van der Waals surface area (Å²) >= 11 is 0. The fourth-order valence-electron chi connectivity index (χ4n) is 1.80. The zero-order valence-electron chi connectivity index (χ0n) is 14.4. The molecule has 0 aliphatic carbocycles. The molecular formula is C17H22N4O3. The molecule has 2 rings (SSSR count). The Kier molecular flexibility index (Phi) is 8.04. The van der Waals surface area contributed by atoms with E-state index < -0.39 is 0 Å². The van der Waals surface area contributed by atoms with Gasteiger partial charge in [-0.2, -0.15) is 9.97 Å². The lowest BCUT2D eigenvalue weighted by Gasteiger charge is -2.04. The van der Waals surface area contributed by atoms with Crippen LogP contribution in [0.5, 0.6) is 11.8 Å². The minimum atomic E-state index is 0.157. The van der Waals surface area contributed by atoms with Crippen LogP contribution in [0.1, 0.15) is 41.4 Å². The molecule has 0 radical (unpaired) electrons. The van der Waals surface area contributed by atoms with Gasteiger partial charge in [0, 0.05) is 23.5 Å². The molecule has 0 aliphatic heterocycles. The summed E-state index contributed by atoms with van der Waals surface area (Å²) in [5.74, 6) is 1.88. The Morgan fingerprint density at radius 1 is 0.958 bits per heavy atom. The third-order valence-electron chi connectivity index (χ3n) is 3.12. The molecule has 7 nitrogen and oxygen atoms in total. The molecule has 0 fully saturated rings. The number of aromatic nitrogens is 4. The molecule has 128 valence electrons. The third-order valence-corrected chi connectivity index (χ3v) is 3.12. The molecule has 0 N–H and O–H groups in total. The normalized spacial score (nSPS) is 9.50. The molecule has 0 unspecified atom stereocenters. The molecule has 0 saturated carbocycles. The fraction of sp³-hybridized carbons (Fsp3) is 0.353. The SMILES string of the molecule is C=Cc1ncc(CC)c(OC)n1.CCc1cnc(C=O)nc1OC. The van der Waals surface area contributed by atoms with Crippen molar-refractivity contribution in [3.05, 3.63) is 41.7 Å². The van der Waals surface area contributed by atoms with Gasteiger partial charge >= 0.3 is 0 Å². The Morgan fingerprint density at radius 3 is 1.79 bits per heavy atom. The molecule has 0 aliphatic rings. The standard InChI is InChI=1S/C9H12N2O.C8H10N2O2/c1-4-7-6-10-8(5-2)11-9(7)12-3;1-3-6-4-9-7(5-11)10-8(6)12-2/h5-6H,2,4H2,1,3H3;4-5H,3H2,1-2H3. The molecule has 0 spiro atoms. The maximum atomic E-state index is 10.3. The average molecular weight is 330 g/mol. The van der Waals surface area contributed by atoms with E-state index >= 15 is 0 Å². The van der Waals surface area contributed by atoms with Crippen LogP contribution in [0.4, 0.5) is 0 Å². The highest BCUT2D eigenvalue weighted by molar-refractivity contribution is 5.68. The lowest BCUT2D eigenvalue weighted by Crippen LogP contribution is -2.00. The van der Waals surface area contributed by atoms with Crippen molar-refractivity contribution >= 4 is 12.4 Å². The maximum Gasteiger partial charge on any atom is 0.219 e. The number of methoxy groups -OCH3 is 2. The number of ether oxygens (including phenoxy) is 2. The van der Waals surface area contributed by atoms with Crippen molar-refractivity contribution < 1.29 is 14.3 Å². The van der Waals surface area contributed by atoms with E-state index in [9.17, 15) is 4.79 Å². The molecule has 7 heteroatoms. The number of hydrogen-bond acceptors (Lipinski definition) is 7. The van der Waals surface area contributed by atoms with Crippen molar-refractivity contribution in [3.8, 4) is 11.8 Å². The zero-order valence-corrected chi connectivity index (χ0v) is 14.4. The lowest BCUT2D eigenvalue weighted by molar-refractivity contribution is 0.111. The first-order valence-corrected chi connectivity index (χ1v) is 7.50. The number of rotatable bonds is 6. The van der Waals surface area contributed by atoms with E-state index in [4.69, 9.17) is 9.47 Å². The zero-order chi connectivity index (χ0) is 17.9. The predicted molar refractivity (Wildman–Crippen MR) is 91.4 cm³/mol. The summed E-state index contributed by atoms with van der Waals surface area (Å²) in [7, 11) is 3.13. The van der Waals surface area contributed by atoms with Gasteiger partial charge in [-0.15, -0.1) is 0 Å². The number of aryl methyl sites for hydroxylation is 2. The van der Waals surface area contributed by atoms with Crippen molar-refractivity contribution in [1.29, 1.82) is 0 Å². The number of carbonyl (C=O) groups is 1. The van der Waals surface area contributed by atoms with Crippen LogP contribution in [0.3, 0.4) is 0 Å². The molecule has 0 atom stereocenters. The quantitative estimate of drug-likeness (QED) is 0.752. The number of carbonyl (C=O) groups excluding carboxylic acids is 1. The van der Waals surface area contributed by atoms with Crippen molar-refractivity contribution in [2.24, 2.45) is 0 Å². The average Bonchev–Trinajstić information content (AvgIpc) is 2.67. The van der Waals surface area contributed by atoms with Gasteiger partial charge < -0.3 is 9.47 Å². The van der Waals surface area contributed by atoms with Crippen LogP contribution in [-0.2, 0) is 12.8 Å². The van der Waals surface area contributed by atoms with E-state index in [0.717, 1.165) is 24.0 Å². The smallest absolute Gasteiger partial charge is 0.219 e. The summed E-state index contributed by atoms with van der Waals surface area (Å²) in [5, 5.41) is 0. The Labute approximate surface area is 141 Å². The number of aldehydes is 1. The number of hydrogen-bond donors (Lipinski definition) is 0. The van der Waals surface area contributed by atoms with E-state index in [2.05, 4.69) is 26.5 Å². The van der Waals surface area contributed by atoms with Crippen LogP contribution in [-0.4, -0.2) is 40.4 Å². The second kappa shape index (κ2) is 10.0. The van der Waals surface area contributed by atoms with E-state index in [1.54, 1.807) is 25.6 Å². The molecule has 0 aromatic carbocycles. The molecule has 24 heavy (non-hydrogen) atoms. The summed E-state index contributed by atoms with van der Waals surface area (Å²) in [5.41, 5.74) is 1.92. The number of nitrogens with zero attached hydrogens (tertiary/aromatic N) is 4. The van der Waals surface area contributed by atoms with Gasteiger partial charge in [0.25, 0.3) is 0 Å². The van der Waals surface area contributed by atoms with Crippen LogP contribution < -0.4 is 9.47 Å². The minimum absolute atomic E-state index is 0.157. The summed E-state index contributed by atoms with van der Waals surface area (Å²) in [6.45, 7) is 7.59. The van der Waals surface area contributed by atoms with Crippen LogP contribution in [0.25, 0.3) is 6.08 Å². The maximum absolute atomic E-state index is 10.3. The summed E-state index contributed by atoms with van der Waals surface area (Å²) in [4.78, 5) is 26.2. The van der Waals surface area contributed by atoms with Crippen molar-refractivity contribution in [2.75, 3.05) is 14.2 Å². The Balaban J connectivity index is 0.000000240. The predicted octanol–water partition coefficient (Wildman–Crippen LogP) is 2.55. The van der Waals surface area contributed by atoms with Crippen molar-refractivity contribution in [1.82, 2.24) is 19.9 Å². The Morgan fingerprint density at radius 2 is 1.42 bits per heavy atom. The minimum Gasteiger partial charge on any atom is -0.481 e. The first-order valence-electron chi connectivity index (χ1n) is 7.50. The molecule has 0 amide bonds. The molecule has 0 bridgehead atoms. The lowest BCUT2D eigenvalue weighted by atomic mass is 10.2. The summed E-state index contributed by atoms with van der Waals surface area (Å²) in [6.07, 6.45) is 7.24. The molecular weight excluding hydrogens is 308 g/mol. The molecule has 2 heterocycles. The van der Waals surface area contributed by atoms with E-state index in [-0.39, 0.29) is 5.82 Å². The first-order chi connectivity index (χ1) is 11.6. The van der Waals surface area contributed by atoms with Crippen LogP contribution in [0.15, 0.2) is 19.0 Å². The topological polar surface area (TPSA) is 87.1 Å². The van der Waals surface area contributed by atoms with E-state index in [0.29, 0.717) is 23.9 Å². The summed E-state index contributed by atoms with van der Waals surface area (Å²) < 4.78 is 10.0. The van der Waals surface area contributed by atoms with E-state index in [1.807, 2.05) is 13.8 Å². The van der Waals surface area contributed by atoms with Gasteiger partial charge in [-0.1, -0.05) is 20.4 Å². The molecule has 0 saturated heterocycles. The highest BCUT2D eigenvalue weighted by Crippen LogP contribution is 2.14. The molecule has 2 aromatic rings. The first kappa shape index (κ1) is 19.2.